The average molecular weight is 367 g/mol. The molecule has 1 amide bonds. The van der Waals surface area contributed by atoms with Gasteiger partial charge in [-0.2, -0.15) is 0 Å². The highest BCUT2D eigenvalue weighted by Gasteiger charge is 2.15. The molecule has 132 valence electrons. The molecule has 26 heavy (non-hydrogen) atoms. The Morgan fingerprint density at radius 1 is 1.12 bits per heavy atom. The Balaban J connectivity index is 1.32. The largest absolute Gasteiger partial charge is 0.484 e. The molecule has 0 unspecified atom stereocenters. The number of fused-ring (bicyclic) bond motifs is 1. The second kappa shape index (κ2) is 7.61. The van der Waals surface area contributed by atoms with Gasteiger partial charge in [-0.25, -0.2) is 0 Å². The van der Waals surface area contributed by atoms with Crippen molar-refractivity contribution in [1.82, 2.24) is 10.2 Å². The smallest absolute Gasteiger partial charge is 0.277 e. The Bertz CT molecular complexity index is 911. The summed E-state index contributed by atoms with van der Waals surface area (Å²) in [6.45, 7) is 0.212. The first-order valence-electron chi connectivity index (χ1n) is 8.31. The van der Waals surface area contributed by atoms with Gasteiger partial charge in [-0.1, -0.05) is 42.1 Å². The van der Waals surface area contributed by atoms with E-state index in [9.17, 15) is 4.79 Å². The molecule has 1 aliphatic heterocycles. The normalized spacial score (nSPS) is 13.2. The van der Waals surface area contributed by atoms with E-state index < -0.39 is 0 Å². The summed E-state index contributed by atoms with van der Waals surface area (Å²) < 4.78 is 11.4. The van der Waals surface area contributed by atoms with Crippen molar-refractivity contribution in [3.05, 3.63) is 65.5 Å². The van der Waals surface area contributed by atoms with Crippen molar-refractivity contribution >= 4 is 23.4 Å². The molecule has 2 heterocycles. The van der Waals surface area contributed by atoms with Gasteiger partial charge >= 0.3 is 0 Å². The fraction of sp³-hybridized carbons (Fsp3) is 0.211. The highest BCUT2D eigenvalue weighted by molar-refractivity contribution is 7.98. The molecule has 0 radical (unpaired) electrons. The van der Waals surface area contributed by atoms with Gasteiger partial charge in [0.05, 0.1) is 0 Å². The van der Waals surface area contributed by atoms with Gasteiger partial charge in [-0.3, -0.25) is 4.79 Å². The number of hydrogen-bond acceptors (Lipinski definition) is 6. The van der Waals surface area contributed by atoms with Crippen molar-refractivity contribution in [2.75, 3.05) is 5.32 Å². The van der Waals surface area contributed by atoms with E-state index in [-0.39, 0.29) is 12.5 Å². The van der Waals surface area contributed by atoms with Gasteiger partial charge in [0.2, 0.25) is 5.91 Å². The Kier molecular flexibility index (Phi) is 4.88. The van der Waals surface area contributed by atoms with Crippen LogP contribution in [0.3, 0.4) is 0 Å². The third kappa shape index (κ3) is 4.05. The Labute approximate surface area is 155 Å². The molecule has 0 fully saturated rings. The maximum absolute atomic E-state index is 11.4. The molecule has 0 bridgehead atoms. The summed E-state index contributed by atoms with van der Waals surface area (Å²) in [5, 5.41) is 11.4. The van der Waals surface area contributed by atoms with Crippen LogP contribution in [0, 0.1) is 0 Å². The zero-order valence-corrected chi connectivity index (χ0v) is 14.8. The number of hydrogen-bond donors (Lipinski definition) is 1. The van der Waals surface area contributed by atoms with Crippen molar-refractivity contribution in [3.63, 3.8) is 0 Å². The van der Waals surface area contributed by atoms with E-state index in [0.29, 0.717) is 17.5 Å². The zero-order chi connectivity index (χ0) is 17.8. The molecule has 1 aromatic heterocycles. The number of aromatic nitrogens is 2. The van der Waals surface area contributed by atoms with Gasteiger partial charge in [-0.15, -0.1) is 10.2 Å². The molecule has 1 N–H and O–H groups in total. The number of ether oxygens (including phenoxy) is 1. The lowest BCUT2D eigenvalue weighted by atomic mass is 10.0. The Morgan fingerprint density at radius 2 is 2.00 bits per heavy atom. The maximum Gasteiger partial charge on any atom is 0.277 e. The predicted molar refractivity (Wildman–Crippen MR) is 98.0 cm³/mol. The SMILES string of the molecule is O=C1CCc2cc(OCc3nnc(SCc4ccccc4)o3)ccc2N1. The lowest BCUT2D eigenvalue weighted by molar-refractivity contribution is -0.116. The van der Waals surface area contributed by atoms with Crippen LogP contribution in [-0.2, 0) is 23.6 Å². The molecule has 0 spiro atoms. The molecule has 0 atom stereocenters. The van der Waals surface area contributed by atoms with Crippen molar-refractivity contribution in [2.45, 2.75) is 30.4 Å². The van der Waals surface area contributed by atoms with Crippen LogP contribution in [0.2, 0.25) is 0 Å². The molecule has 2 aromatic carbocycles. The summed E-state index contributed by atoms with van der Waals surface area (Å²) in [5.41, 5.74) is 3.13. The van der Waals surface area contributed by atoms with E-state index in [1.165, 1.54) is 17.3 Å². The van der Waals surface area contributed by atoms with E-state index in [4.69, 9.17) is 9.15 Å². The predicted octanol–water partition coefficient (Wildman–Crippen LogP) is 3.83. The van der Waals surface area contributed by atoms with E-state index in [0.717, 1.165) is 29.2 Å². The fourth-order valence-electron chi connectivity index (χ4n) is 2.67. The summed E-state index contributed by atoms with van der Waals surface area (Å²) >= 11 is 1.50. The number of rotatable bonds is 6. The van der Waals surface area contributed by atoms with Crippen LogP contribution in [-0.4, -0.2) is 16.1 Å². The van der Waals surface area contributed by atoms with Crippen molar-refractivity contribution < 1.29 is 13.9 Å². The lowest BCUT2D eigenvalue weighted by Crippen LogP contribution is -2.18. The first kappa shape index (κ1) is 16.7. The minimum Gasteiger partial charge on any atom is -0.484 e. The quantitative estimate of drug-likeness (QED) is 0.667. The van der Waals surface area contributed by atoms with Crippen LogP contribution < -0.4 is 10.1 Å². The van der Waals surface area contributed by atoms with Crippen LogP contribution in [0.25, 0.3) is 0 Å². The molecular weight excluding hydrogens is 350 g/mol. The number of carbonyl (C=O) groups is 1. The minimum absolute atomic E-state index is 0.0533. The number of amides is 1. The summed E-state index contributed by atoms with van der Waals surface area (Å²) in [6, 6.07) is 15.8. The number of benzene rings is 2. The maximum atomic E-state index is 11.4. The fourth-order valence-corrected chi connectivity index (χ4v) is 3.41. The van der Waals surface area contributed by atoms with Gasteiger partial charge in [0, 0.05) is 17.9 Å². The minimum atomic E-state index is 0.0533. The summed E-state index contributed by atoms with van der Waals surface area (Å²) in [4.78, 5) is 11.4. The number of carbonyl (C=O) groups excluding carboxylic acids is 1. The third-order valence-corrected chi connectivity index (χ3v) is 4.88. The molecule has 3 aromatic rings. The topological polar surface area (TPSA) is 77.2 Å². The highest BCUT2D eigenvalue weighted by Crippen LogP contribution is 2.27. The third-order valence-electron chi connectivity index (χ3n) is 3.99. The first-order chi connectivity index (χ1) is 12.8. The first-order valence-corrected chi connectivity index (χ1v) is 9.29. The number of thioether (sulfide) groups is 1. The molecule has 1 aliphatic rings. The summed E-state index contributed by atoms with van der Waals surface area (Å²) in [6.07, 6.45) is 1.22. The number of nitrogens with zero attached hydrogens (tertiary/aromatic N) is 2. The lowest BCUT2D eigenvalue weighted by Gasteiger charge is -2.17. The number of nitrogens with one attached hydrogen (secondary N) is 1. The van der Waals surface area contributed by atoms with E-state index in [1.54, 1.807) is 0 Å². The van der Waals surface area contributed by atoms with Gasteiger partial charge in [0.25, 0.3) is 11.1 Å². The molecule has 0 saturated carbocycles. The molecule has 0 saturated heterocycles. The van der Waals surface area contributed by atoms with Gasteiger partial charge < -0.3 is 14.5 Å². The Hall–Kier alpha value is -2.80. The van der Waals surface area contributed by atoms with E-state index in [1.807, 2.05) is 36.4 Å². The molecule has 7 heteroatoms. The van der Waals surface area contributed by atoms with Crippen LogP contribution >= 0.6 is 11.8 Å². The zero-order valence-electron chi connectivity index (χ0n) is 14.0. The number of aryl methyl sites for hydroxylation is 1. The average Bonchev–Trinajstić information content (AvgIpc) is 3.13. The molecule has 4 rings (SSSR count). The van der Waals surface area contributed by atoms with Crippen molar-refractivity contribution in [1.29, 1.82) is 0 Å². The van der Waals surface area contributed by atoms with E-state index >= 15 is 0 Å². The standard InChI is InChI=1S/C19H17N3O3S/c23-17-9-6-14-10-15(7-8-16(14)20-17)24-11-18-21-22-19(25-18)26-12-13-4-2-1-3-5-13/h1-5,7-8,10H,6,9,11-12H2,(H,20,23). The van der Waals surface area contributed by atoms with E-state index in [2.05, 4.69) is 27.6 Å². The van der Waals surface area contributed by atoms with Gasteiger partial charge in [-0.05, 0) is 35.7 Å². The second-order valence-corrected chi connectivity index (χ2v) is 6.82. The van der Waals surface area contributed by atoms with Crippen LogP contribution in [0.15, 0.2) is 58.2 Å². The van der Waals surface area contributed by atoms with Crippen molar-refractivity contribution in [2.24, 2.45) is 0 Å². The highest BCUT2D eigenvalue weighted by atomic mass is 32.2. The van der Waals surface area contributed by atoms with Crippen molar-refractivity contribution in [3.8, 4) is 5.75 Å². The van der Waals surface area contributed by atoms with Gasteiger partial charge in [0.1, 0.15) is 5.75 Å². The molecule has 0 aliphatic carbocycles. The second-order valence-electron chi connectivity index (χ2n) is 5.89. The monoisotopic (exact) mass is 367 g/mol. The summed E-state index contributed by atoms with van der Waals surface area (Å²) in [5.74, 6) is 1.99. The number of anilines is 1. The van der Waals surface area contributed by atoms with Crippen LogP contribution in [0.5, 0.6) is 5.75 Å². The summed E-state index contributed by atoms with van der Waals surface area (Å²) in [7, 11) is 0. The molecular formula is C19H17N3O3S. The molecule has 6 nitrogen and oxygen atoms in total. The van der Waals surface area contributed by atoms with Gasteiger partial charge in [0.15, 0.2) is 6.61 Å². The Morgan fingerprint density at radius 3 is 2.88 bits per heavy atom. The van der Waals surface area contributed by atoms with Crippen LogP contribution in [0.1, 0.15) is 23.4 Å². The van der Waals surface area contributed by atoms with Crippen LogP contribution in [0.4, 0.5) is 5.69 Å².